The molecule has 15 heavy (non-hydrogen) atoms. The van der Waals surface area contributed by atoms with E-state index in [1.165, 1.54) is 24.3 Å². The predicted molar refractivity (Wildman–Crippen MR) is 58.4 cm³/mol. The van der Waals surface area contributed by atoms with Gasteiger partial charge in [0.1, 0.15) is 0 Å². The maximum atomic E-state index is 10.4. The van der Waals surface area contributed by atoms with Gasteiger partial charge in [-0.15, -0.1) is 17.0 Å². The third kappa shape index (κ3) is 5.58. The molecule has 0 fully saturated rings. The molecule has 0 aliphatic heterocycles. The number of hydrogen-bond donors (Lipinski definition) is 1. The molecule has 0 unspecified atom stereocenters. The zero-order valence-corrected chi connectivity index (χ0v) is 12.6. The Morgan fingerprint density at radius 3 is 1.80 bits per heavy atom. The Morgan fingerprint density at radius 2 is 1.53 bits per heavy atom. The molecule has 7 heteroatoms. The largest absolute Gasteiger partial charge is 1.00 e. The molecule has 0 aromatic heterocycles. The molecule has 1 N–H and O–H groups in total. The molecule has 0 amide bonds. The fourth-order valence-electron chi connectivity index (χ4n) is 0.848. The summed E-state index contributed by atoms with van der Waals surface area (Å²) < 4.78 is 0. The average molecular weight is 303 g/mol. The molecular formula is C8H8BrNaO4S. The van der Waals surface area contributed by atoms with Crippen LogP contribution in [0.4, 0.5) is 0 Å². The summed E-state index contributed by atoms with van der Waals surface area (Å²) >= 11 is 0. The van der Waals surface area contributed by atoms with Crippen LogP contribution < -0.4 is 34.7 Å². The summed E-state index contributed by atoms with van der Waals surface area (Å²) in [6.45, 7) is 0. The SMILES string of the molecule is Br.O=C([O-])c1ccccc1C(=O)O.S.[Na+]. The van der Waals surface area contributed by atoms with Crippen molar-refractivity contribution in [2.45, 2.75) is 0 Å². The molecule has 0 atom stereocenters. The Hall–Kier alpha value is -0.0100. The van der Waals surface area contributed by atoms with Gasteiger partial charge in [-0.2, -0.15) is 13.5 Å². The molecule has 0 aliphatic carbocycles. The van der Waals surface area contributed by atoms with Crippen molar-refractivity contribution < 1.29 is 49.4 Å². The normalized spacial score (nSPS) is 7.47. The van der Waals surface area contributed by atoms with Gasteiger partial charge in [-0.25, -0.2) is 4.79 Å². The van der Waals surface area contributed by atoms with Gasteiger partial charge in [-0.05, 0) is 6.07 Å². The van der Waals surface area contributed by atoms with E-state index in [-0.39, 0.29) is 71.2 Å². The molecular weight excluding hydrogens is 295 g/mol. The van der Waals surface area contributed by atoms with Crippen molar-refractivity contribution >= 4 is 42.4 Å². The van der Waals surface area contributed by atoms with Crippen LogP contribution in [0.25, 0.3) is 0 Å². The summed E-state index contributed by atoms with van der Waals surface area (Å²) in [7, 11) is 0. The Morgan fingerprint density at radius 1 is 1.13 bits per heavy atom. The quantitative estimate of drug-likeness (QED) is 0.610. The Labute approximate surface area is 126 Å². The second-order valence-corrected chi connectivity index (χ2v) is 2.14. The number of aromatic carboxylic acids is 2. The smallest absolute Gasteiger partial charge is 0.545 e. The summed E-state index contributed by atoms with van der Waals surface area (Å²) in [5.41, 5.74) is -0.553. The number of rotatable bonds is 2. The van der Waals surface area contributed by atoms with Crippen molar-refractivity contribution in [1.82, 2.24) is 0 Å². The maximum Gasteiger partial charge on any atom is 1.00 e. The van der Waals surface area contributed by atoms with Crippen molar-refractivity contribution in [2.24, 2.45) is 0 Å². The molecule has 78 valence electrons. The molecule has 0 heterocycles. The molecule has 4 nitrogen and oxygen atoms in total. The molecule has 0 spiro atoms. The van der Waals surface area contributed by atoms with Crippen LogP contribution in [0.1, 0.15) is 20.7 Å². The van der Waals surface area contributed by atoms with Crippen LogP contribution in [0, 0.1) is 0 Å². The first-order valence-electron chi connectivity index (χ1n) is 3.16. The summed E-state index contributed by atoms with van der Waals surface area (Å²) in [5, 5.41) is 18.9. The number of benzene rings is 1. The van der Waals surface area contributed by atoms with E-state index in [1.54, 1.807) is 0 Å². The van der Waals surface area contributed by atoms with E-state index in [1.807, 2.05) is 0 Å². The minimum absolute atomic E-state index is 0. The molecule has 0 saturated carbocycles. The third-order valence-corrected chi connectivity index (χ3v) is 1.38. The second-order valence-electron chi connectivity index (χ2n) is 2.14. The summed E-state index contributed by atoms with van der Waals surface area (Å²) in [4.78, 5) is 20.8. The fraction of sp³-hybridized carbons (Fsp3) is 0. The zero-order valence-electron chi connectivity index (χ0n) is 7.89. The minimum atomic E-state index is -1.48. The van der Waals surface area contributed by atoms with Crippen molar-refractivity contribution in [3.05, 3.63) is 35.4 Å². The van der Waals surface area contributed by atoms with Gasteiger partial charge in [-0.1, -0.05) is 18.2 Å². The van der Waals surface area contributed by atoms with Gasteiger partial charge in [0.25, 0.3) is 0 Å². The maximum absolute atomic E-state index is 10.4. The Balaban J connectivity index is -0.000000480. The summed E-state index contributed by atoms with van der Waals surface area (Å²) in [6.07, 6.45) is 0. The van der Waals surface area contributed by atoms with Gasteiger partial charge in [0.05, 0.1) is 11.5 Å². The van der Waals surface area contributed by atoms with Crippen LogP contribution in [0.2, 0.25) is 0 Å². The van der Waals surface area contributed by atoms with Crippen LogP contribution in [0.5, 0.6) is 0 Å². The number of carboxylic acid groups (broad SMARTS) is 2. The average Bonchev–Trinajstić information content (AvgIpc) is 2.04. The predicted octanol–water partition coefficient (Wildman–Crippen LogP) is -2.56. The second kappa shape index (κ2) is 9.23. The van der Waals surface area contributed by atoms with Gasteiger partial charge in [0.2, 0.25) is 0 Å². The number of carbonyl (C=O) groups excluding carboxylic acids is 1. The zero-order chi connectivity index (χ0) is 9.14. The van der Waals surface area contributed by atoms with E-state index in [0.29, 0.717) is 0 Å². The number of halogens is 1. The van der Waals surface area contributed by atoms with Gasteiger partial charge in [-0.3, -0.25) is 0 Å². The first kappa shape index (κ1) is 20.4. The first-order valence-corrected chi connectivity index (χ1v) is 3.16. The number of carbonyl (C=O) groups is 2. The van der Waals surface area contributed by atoms with E-state index in [9.17, 15) is 14.7 Å². The van der Waals surface area contributed by atoms with Crippen LogP contribution in [0.3, 0.4) is 0 Å². The van der Waals surface area contributed by atoms with Crippen molar-refractivity contribution in [3.8, 4) is 0 Å². The first-order chi connectivity index (χ1) is 5.63. The molecule has 0 radical (unpaired) electrons. The topological polar surface area (TPSA) is 77.4 Å². The van der Waals surface area contributed by atoms with Gasteiger partial charge < -0.3 is 15.0 Å². The van der Waals surface area contributed by atoms with E-state index in [2.05, 4.69) is 0 Å². The number of hydrogen-bond acceptors (Lipinski definition) is 3. The molecule has 1 aromatic carbocycles. The van der Waals surface area contributed by atoms with Gasteiger partial charge in [0.15, 0.2) is 0 Å². The molecule has 1 rings (SSSR count). The van der Waals surface area contributed by atoms with Crippen LogP contribution >= 0.6 is 30.5 Å². The van der Waals surface area contributed by atoms with Gasteiger partial charge >= 0.3 is 35.5 Å². The summed E-state index contributed by atoms with van der Waals surface area (Å²) in [5.74, 6) is -2.75. The molecule has 1 aromatic rings. The third-order valence-electron chi connectivity index (χ3n) is 1.38. The molecule has 0 aliphatic rings. The van der Waals surface area contributed by atoms with Crippen LogP contribution in [0.15, 0.2) is 24.3 Å². The Bertz CT molecular complexity index is 312. The fourth-order valence-corrected chi connectivity index (χ4v) is 0.848. The molecule has 0 bridgehead atoms. The van der Waals surface area contributed by atoms with E-state index < -0.39 is 11.9 Å². The van der Waals surface area contributed by atoms with E-state index in [4.69, 9.17) is 5.11 Å². The minimum Gasteiger partial charge on any atom is -0.545 e. The molecule has 0 saturated heterocycles. The summed E-state index contributed by atoms with van der Waals surface area (Å²) in [6, 6.07) is 5.31. The van der Waals surface area contributed by atoms with Crippen LogP contribution in [-0.2, 0) is 0 Å². The Kier molecular flexibility index (Phi) is 12.6. The van der Waals surface area contributed by atoms with Crippen LogP contribution in [-0.4, -0.2) is 17.0 Å². The van der Waals surface area contributed by atoms with Gasteiger partial charge in [0, 0.05) is 5.56 Å². The van der Waals surface area contributed by atoms with Crippen molar-refractivity contribution in [2.75, 3.05) is 0 Å². The standard InChI is InChI=1S/C8H6O4.BrH.Na.H2S/c9-7(10)5-3-1-2-4-6(5)8(11)12;;;/h1-4H,(H,9,10)(H,11,12);1H;;1H2/q;;+1;/p-1. The monoisotopic (exact) mass is 302 g/mol. The number of carboxylic acids is 2. The van der Waals surface area contributed by atoms with Crippen molar-refractivity contribution in [1.29, 1.82) is 0 Å². The van der Waals surface area contributed by atoms with E-state index >= 15 is 0 Å². The van der Waals surface area contributed by atoms with Crippen molar-refractivity contribution in [3.63, 3.8) is 0 Å². The van der Waals surface area contributed by atoms with E-state index in [0.717, 1.165) is 0 Å².